The first-order valence-electron chi connectivity index (χ1n) is 3.57. The van der Waals surface area contributed by atoms with Crippen LogP contribution in [0.5, 0.6) is 0 Å². The van der Waals surface area contributed by atoms with Gasteiger partial charge in [-0.25, -0.2) is 0 Å². The van der Waals surface area contributed by atoms with Gasteiger partial charge in [0.1, 0.15) is 0 Å². The molecule has 0 heterocycles. The predicted octanol–water partition coefficient (Wildman–Crippen LogP) is 2.45. The summed E-state index contributed by atoms with van der Waals surface area (Å²) in [5.74, 6) is 2.19. The Labute approximate surface area is 69.2 Å². The maximum atomic E-state index is 3.14. The van der Waals surface area contributed by atoms with Crippen LogP contribution in [0.2, 0.25) is 0 Å². The molecule has 0 spiro atoms. The number of hydrogen-bond acceptors (Lipinski definition) is 1. The summed E-state index contributed by atoms with van der Waals surface area (Å²) in [6.45, 7) is 2.12. The topological polar surface area (TPSA) is 12.0 Å². The zero-order chi connectivity index (χ0) is 8.10. The van der Waals surface area contributed by atoms with Gasteiger partial charge in [0.25, 0.3) is 0 Å². The zero-order valence-corrected chi connectivity index (χ0v) is 7.73. The standard InChI is InChI=1S/C9H12NP/c1-10-9-6-4-3-5-8(9)7-11-2/h3-7,10H,1-2H3. The first-order chi connectivity index (χ1) is 5.38. The van der Waals surface area contributed by atoms with E-state index in [4.69, 9.17) is 0 Å². The second-order valence-electron chi connectivity index (χ2n) is 2.22. The average Bonchev–Trinajstić information content (AvgIpc) is 2.06. The second kappa shape index (κ2) is 4.15. The summed E-state index contributed by atoms with van der Waals surface area (Å²) < 4.78 is 0. The number of para-hydroxylation sites is 1. The molecule has 0 aliphatic rings. The maximum Gasteiger partial charge on any atom is 0.0414 e. The van der Waals surface area contributed by atoms with E-state index in [9.17, 15) is 0 Å². The van der Waals surface area contributed by atoms with Gasteiger partial charge in [-0.2, -0.15) is 0 Å². The molecule has 0 saturated carbocycles. The van der Waals surface area contributed by atoms with Crippen LogP contribution in [0.25, 0.3) is 0 Å². The molecule has 58 valence electrons. The van der Waals surface area contributed by atoms with Crippen LogP contribution in [-0.4, -0.2) is 19.5 Å². The van der Waals surface area contributed by atoms with E-state index in [1.807, 2.05) is 13.1 Å². The van der Waals surface area contributed by atoms with Crippen molar-refractivity contribution >= 4 is 19.7 Å². The van der Waals surface area contributed by atoms with Crippen molar-refractivity contribution in [2.75, 3.05) is 19.0 Å². The van der Waals surface area contributed by atoms with Crippen molar-refractivity contribution < 1.29 is 0 Å². The van der Waals surface area contributed by atoms with Crippen molar-refractivity contribution in [3.8, 4) is 0 Å². The molecular weight excluding hydrogens is 153 g/mol. The Kier molecular flexibility index (Phi) is 3.13. The van der Waals surface area contributed by atoms with Crippen LogP contribution in [0, 0.1) is 0 Å². The van der Waals surface area contributed by atoms with Gasteiger partial charge in [-0.3, -0.25) is 0 Å². The monoisotopic (exact) mass is 165 g/mol. The molecule has 11 heavy (non-hydrogen) atoms. The number of anilines is 1. The third-order valence-corrected chi connectivity index (χ3v) is 2.03. The summed E-state index contributed by atoms with van der Waals surface area (Å²) >= 11 is 0. The Bertz CT molecular complexity index is 255. The lowest BCUT2D eigenvalue weighted by molar-refractivity contribution is 1.50. The Hall–Kier alpha value is -0.810. The largest absolute Gasteiger partial charge is 0.388 e. The summed E-state index contributed by atoms with van der Waals surface area (Å²) in [4.78, 5) is 0. The second-order valence-corrected chi connectivity index (χ2v) is 3.00. The summed E-state index contributed by atoms with van der Waals surface area (Å²) in [5.41, 5.74) is 2.47. The third kappa shape index (κ3) is 2.06. The molecule has 0 aliphatic heterocycles. The van der Waals surface area contributed by atoms with E-state index < -0.39 is 0 Å². The van der Waals surface area contributed by atoms with Crippen molar-refractivity contribution in [3.05, 3.63) is 29.8 Å². The van der Waals surface area contributed by atoms with E-state index in [2.05, 4.69) is 36.0 Å². The average molecular weight is 165 g/mol. The van der Waals surface area contributed by atoms with Crippen molar-refractivity contribution in [3.63, 3.8) is 0 Å². The summed E-state index contributed by atoms with van der Waals surface area (Å²) in [6.07, 6.45) is 0. The van der Waals surface area contributed by atoms with Gasteiger partial charge in [0, 0.05) is 18.3 Å². The van der Waals surface area contributed by atoms with Crippen molar-refractivity contribution in [2.24, 2.45) is 0 Å². The highest BCUT2D eigenvalue weighted by Gasteiger charge is 1.92. The van der Waals surface area contributed by atoms with Gasteiger partial charge in [-0.1, -0.05) is 18.2 Å². The smallest absolute Gasteiger partial charge is 0.0414 e. The first-order valence-corrected chi connectivity index (χ1v) is 4.98. The van der Waals surface area contributed by atoms with Crippen LogP contribution in [0.4, 0.5) is 5.69 Å². The molecule has 1 nitrogen and oxygen atoms in total. The van der Waals surface area contributed by atoms with Gasteiger partial charge in [0.2, 0.25) is 0 Å². The van der Waals surface area contributed by atoms with Gasteiger partial charge < -0.3 is 5.32 Å². The molecule has 1 N–H and O–H groups in total. The fraction of sp³-hybridized carbons (Fsp3) is 0.222. The highest BCUT2D eigenvalue weighted by atomic mass is 31.1. The van der Waals surface area contributed by atoms with E-state index >= 15 is 0 Å². The minimum absolute atomic E-state index is 1.20. The van der Waals surface area contributed by atoms with E-state index in [0.717, 1.165) is 0 Å². The first kappa shape index (κ1) is 8.29. The highest BCUT2D eigenvalue weighted by molar-refractivity contribution is 7.38. The van der Waals surface area contributed by atoms with Gasteiger partial charge in [0.15, 0.2) is 0 Å². The zero-order valence-electron chi connectivity index (χ0n) is 6.83. The van der Waals surface area contributed by atoms with Gasteiger partial charge >= 0.3 is 0 Å². The van der Waals surface area contributed by atoms with Gasteiger partial charge in [-0.15, -0.1) is 8.20 Å². The normalized spacial score (nSPS) is 10.4. The van der Waals surface area contributed by atoms with Crippen molar-refractivity contribution in [1.82, 2.24) is 0 Å². The van der Waals surface area contributed by atoms with Gasteiger partial charge in [-0.05, 0) is 18.5 Å². The Morgan fingerprint density at radius 1 is 1.36 bits per heavy atom. The molecule has 1 aromatic rings. The molecule has 0 aliphatic carbocycles. The Morgan fingerprint density at radius 2 is 2.09 bits per heavy atom. The number of hydrogen-bond donors (Lipinski definition) is 1. The molecule has 2 heteroatoms. The molecule has 0 amide bonds. The quantitative estimate of drug-likeness (QED) is 0.664. The molecule has 1 aromatic carbocycles. The predicted molar refractivity (Wildman–Crippen MR) is 54.0 cm³/mol. The van der Waals surface area contributed by atoms with E-state index in [0.29, 0.717) is 0 Å². The van der Waals surface area contributed by atoms with Crippen LogP contribution < -0.4 is 5.32 Å². The van der Waals surface area contributed by atoms with Crippen LogP contribution in [0.3, 0.4) is 0 Å². The van der Waals surface area contributed by atoms with Crippen LogP contribution in [0.1, 0.15) is 5.56 Å². The molecular formula is C9H12NP. The van der Waals surface area contributed by atoms with Crippen molar-refractivity contribution in [1.29, 1.82) is 0 Å². The molecule has 0 bridgehead atoms. The van der Waals surface area contributed by atoms with Gasteiger partial charge in [0.05, 0.1) is 0 Å². The molecule has 1 rings (SSSR count). The fourth-order valence-corrected chi connectivity index (χ4v) is 1.48. The number of nitrogens with one attached hydrogen (secondary N) is 1. The molecule has 0 atom stereocenters. The maximum absolute atomic E-state index is 3.14. The van der Waals surface area contributed by atoms with E-state index in [1.54, 1.807) is 0 Å². The minimum atomic E-state index is 1.20. The SMILES string of the molecule is CNc1ccccc1C=PC. The van der Waals surface area contributed by atoms with Crippen LogP contribution in [0.15, 0.2) is 24.3 Å². The fourth-order valence-electron chi connectivity index (χ4n) is 0.976. The van der Waals surface area contributed by atoms with Crippen LogP contribution in [-0.2, 0) is 0 Å². The molecule has 0 unspecified atom stereocenters. The molecule has 0 radical (unpaired) electrons. The summed E-state index contributed by atoms with van der Waals surface area (Å²) in [6, 6.07) is 8.28. The summed E-state index contributed by atoms with van der Waals surface area (Å²) in [5, 5.41) is 3.14. The van der Waals surface area contributed by atoms with E-state index in [-0.39, 0.29) is 0 Å². The Morgan fingerprint density at radius 3 is 2.73 bits per heavy atom. The molecule has 0 saturated heterocycles. The lowest BCUT2D eigenvalue weighted by atomic mass is 10.2. The Balaban J connectivity index is 3.02. The number of rotatable bonds is 2. The lowest BCUT2D eigenvalue weighted by Crippen LogP contribution is -1.92. The highest BCUT2D eigenvalue weighted by Crippen LogP contribution is 2.12. The van der Waals surface area contributed by atoms with Crippen molar-refractivity contribution in [2.45, 2.75) is 0 Å². The lowest BCUT2D eigenvalue weighted by Gasteiger charge is -2.02. The number of benzene rings is 1. The molecule has 0 aromatic heterocycles. The third-order valence-electron chi connectivity index (χ3n) is 1.50. The molecule has 0 fully saturated rings. The van der Waals surface area contributed by atoms with E-state index in [1.165, 1.54) is 19.5 Å². The van der Waals surface area contributed by atoms with Crippen LogP contribution >= 0.6 is 8.20 Å². The minimum Gasteiger partial charge on any atom is -0.388 e. The summed E-state index contributed by atoms with van der Waals surface area (Å²) in [7, 11) is 3.24.